The van der Waals surface area contributed by atoms with Gasteiger partial charge in [0.15, 0.2) is 14.1 Å². The molecule has 0 bridgehead atoms. The van der Waals surface area contributed by atoms with Gasteiger partial charge in [-0.3, -0.25) is 4.79 Å². The molecular formula is C17H30O2Si. The summed E-state index contributed by atoms with van der Waals surface area (Å²) in [5.41, 5.74) is 2.46. The SMILES string of the molecule is CC1=C2[C@H](CC1=O)CC(C)(C)[C@@H]2O[Si](C)(C)C(C)(C)C. The van der Waals surface area contributed by atoms with Crippen LogP contribution in [-0.2, 0) is 9.22 Å². The molecule has 0 radical (unpaired) electrons. The van der Waals surface area contributed by atoms with Crippen molar-refractivity contribution in [2.24, 2.45) is 11.3 Å². The number of carbonyl (C=O) groups excluding carboxylic acids is 1. The standard InChI is InChI=1S/C17H30O2Si/c1-11-13(18)9-12-10-17(5,6)15(14(11)12)19-20(7,8)16(2,3)4/h12,15H,9-10H2,1-8H3/t12-,15-/m1/s1. The molecule has 0 aliphatic heterocycles. The zero-order valence-electron chi connectivity index (χ0n) is 14.4. The van der Waals surface area contributed by atoms with Gasteiger partial charge in [-0.15, -0.1) is 0 Å². The molecule has 1 saturated carbocycles. The summed E-state index contributed by atoms with van der Waals surface area (Å²) in [5.74, 6) is 0.775. The van der Waals surface area contributed by atoms with Crippen LogP contribution in [0.2, 0.25) is 18.1 Å². The summed E-state index contributed by atoms with van der Waals surface area (Å²) in [7, 11) is -1.82. The Morgan fingerprint density at radius 3 is 2.30 bits per heavy atom. The van der Waals surface area contributed by atoms with Gasteiger partial charge in [-0.2, -0.15) is 0 Å². The average molecular weight is 295 g/mol. The topological polar surface area (TPSA) is 26.3 Å². The van der Waals surface area contributed by atoms with Crippen LogP contribution in [0.25, 0.3) is 0 Å². The highest BCUT2D eigenvalue weighted by atomic mass is 28.4. The van der Waals surface area contributed by atoms with Crippen molar-refractivity contribution in [2.45, 2.75) is 78.6 Å². The number of ketones is 1. The van der Waals surface area contributed by atoms with E-state index in [1.807, 2.05) is 6.92 Å². The van der Waals surface area contributed by atoms with E-state index in [0.717, 1.165) is 12.0 Å². The van der Waals surface area contributed by atoms with Crippen LogP contribution in [0.15, 0.2) is 11.1 Å². The first-order valence-electron chi connectivity index (χ1n) is 7.78. The summed E-state index contributed by atoms with van der Waals surface area (Å²) < 4.78 is 6.74. The zero-order valence-corrected chi connectivity index (χ0v) is 15.4. The first-order chi connectivity index (χ1) is 8.87. The first-order valence-corrected chi connectivity index (χ1v) is 10.7. The number of fused-ring (bicyclic) bond motifs is 1. The van der Waals surface area contributed by atoms with Crippen molar-refractivity contribution >= 4 is 14.1 Å². The Labute approximate surface area is 125 Å². The predicted molar refractivity (Wildman–Crippen MR) is 86.3 cm³/mol. The minimum absolute atomic E-state index is 0.139. The lowest BCUT2D eigenvalue weighted by Gasteiger charge is -2.42. The van der Waals surface area contributed by atoms with Gasteiger partial charge in [-0.1, -0.05) is 34.6 Å². The highest BCUT2D eigenvalue weighted by Crippen LogP contribution is 2.54. The van der Waals surface area contributed by atoms with E-state index in [0.29, 0.717) is 18.1 Å². The molecule has 0 unspecified atom stereocenters. The van der Waals surface area contributed by atoms with Crippen LogP contribution in [0.5, 0.6) is 0 Å². The van der Waals surface area contributed by atoms with Gasteiger partial charge in [0, 0.05) is 6.42 Å². The van der Waals surface area contributed by atoms with Crippen LogP contribution in [-0.4, -0.2) is 20.2 Å². The Kier molecular flexibility index (Phi) is 3.62. The van der Waals surface area contributed by atoms with Gasteiger partial charge in [0.25, 0.3) is 0 Å². The molecule has 2 atom stereocenters. The second-order valence-corrected chi connectivity index (χ2v) is 13.6. The summed E-state index contributed by atoms with van der Waals surface area (Å²) >= 11 is 0. The number of Topliss-reactive ketones (excluding diaryl/α,β-unsaturated/α-hetero) is 1. The molecule has 114 valence electrons. The quantitative estimate of drug-likeness (QED) is 0.689. The Hall–Kier alpha value is -0.413. The molecule has 2 aliphatic carbocycles. The molecule has 1 fully saturated rings. The molecular weight excluding hydrogens is 264 g/mol. The molecule has 0 aromatic carbocycles. The van der Waals surface area contributed by atoms with Gasteiger partial charge in [0.1, 0.15) is 0 Å². The van der Waals surface area contributed by atoms with E-state index in [2.05, 4.69) is 47.7 Å². The van der Waals surface area contributed by atoms with E-state index in [-0.39, 0.29) is 16.6 Å². The molecule has 0 saturated heterocycles. The van der Waals surface area contributed by atoms with E-state index in [4.69, 9.17) is 4.43 Å². The second-order valence-electron chi connectivity index (χ2n) is 8.86. The van der Waals surface area contributed by atoms with Gasteiger partial charge in [-0.25, -0.2) is 0 Å². The van der Waals surface area contributed by atoms with Crippen LogP contribution in [0.1, 0.15) is 54.4 Å². The van der Waals surface area contributed by atoms with Gasteiger partial charge in [0.2, 0.25) is 0 Å². The number of allylic oxidation sites excluding steroid dienone is 1. The molecule has 20 heavy (non-hydrogen) atoms. The maximum atomic E-state index is 12.0. The molecule has 2 rings (SSSR count). The summed E-state index contributed by atoms with van der Waals surface area (Å²) in [6.07, 6.45) is 1.94. The summed E-state index contributed by atoms with van der Waals surface area (Å²) in [4.78, 5) is 12.0. The molecule has 3 heteroatoms. The molecule has 0 N–H and O–H groups in total. The Morgan fingerprint density at radius 1 is 1.25 bits per heavy atom. The van der Waals surface area contributed by atoms with Crippen LogP contribution >= 0.6 is 0 Å². The van der Waals surface area contributed by atoms with E-state index in [1.54, 1.807) is 0 Å². The van der Waals surface area contributed by atoms with Gasteiger partial charge in [-0.05, 0) is 54.0 Å². The Balaban J connectivity index is 2.37. The third-order valence-electron chi connectivity index (χ3n) is 5.71. The highest BCUT2D eigenvalue weighted by molar-refractivity contribution is 6.74. The number of carbonyl (C=O) groups is 1. The van der Waals surface area contributed by atoms with Crippen molar-refractivity contribution in [3.8, 4) is 0 Å². The van der Waals surface area contributed by atoms with Crippen molar-refractivity contribution in [1.29, 1.82) is 0 Å². The summed E-state index contributed by atoms with van der Waals surface area (Å²) in [6, 6.07) is 0. The van der Waals surface area contributed by atoms with Crippen molar-refractivity contribution in [3.63, 3.8) is 0 Å². The molecule has 2 aliphatic rings. The average Bonchev–Trinajstić information content (AvgIpc) is 2.61. The molecule has 0 amide bonds. The van der Waals surface area contributed by atoms with Crippen LogP contribution in [0, 0.1) is 11.3 Å². The molecule has 0 spiro atoms. The maximum absolute atomic E-state index is 12.0. The van der Waals surface area contributed by atoms with E-state index >= 15 is 0 Å². The van der Waals surface area contributed by atoms with E-state index in [1.165, 1.54) is 5.57 Å². The van der Waals surface area contributed by atoms with Gasteiger partial charge < -0.3 is 4.43 Å². The lowest BCUT2D eigenvalue weighted by molar-refractivity contribution is -0.115. The maximum Gasteiger partial charge on any atom is 0.192 e. The largest absolute Gasteiger partial charge is 0.410 e. The van der Waals surface area contributed by atoms with Crippen LogP contribution in [0.4, 0.5) is 0 Å². The third kappa shape index (κ3) is 2.43. The first kappa shape index (κ1) is 16.0. The van der Waals surface area contributed by atoms with Crippen molar-refractivity contribution < 1.29 is 9.22 Å². The molecule has 0 aromatic rings. The monoisotopic (exact) mass is 294 g/mol. The fourth-order valence-corrected chi connectivity index (χ4v) is 4.79. The Morgan fingerprint density at radius 2 is 1.80 bits per heavy atom. The van der Waals surface area contributed by atoms with Crippen LogP contribution < -0.4 is 0 Å². The predicted octanol–water partition coefficient (Wildman–Crippen LogP) is 4.71. The van der Waals surface area contributed by atoms with Gasteiger partial charge in [0.05, 0.1) is 6.10 Å². The lowest BCUT2D eigenvalue weighted by atomic mass is 9.86. The minimum atomic E-state index is -1.82. The smallest absolute Gasteiger partial charge is 0.192 e. The van der Waals surface area contributed by atoms with Crippen molar-refractivity contribution in [3.05, 3.63) is 11.1 Å². The van der Waals surface area contributed by atoms with Crippen LogP contribution in [0.3, 0.4) is 0 Å². The Bertz CT molecular complexity index is 466. The number of hydrogen-bond acceptors (Lipinski definition) is 2. The minimum Gasteiger partial charge on any atom is -0.410 e. The molecule has 0 heterocycles. The third-order valence-corrected chi connectivity index (χ3v) is 10.1. The van der Waals surface area contributed by atoms with E-state index in [9.17, 15) is 4.79 Å². The second kappa shape index (κ2) is 4.54. The van der Waals surface area contributed by atoms with Gasteiger partial charge >= 0.3 is 0 Å². The molecule has 0 aromatic heterocycles. The van der Waals surface area contributed by atoms with Crippen molar-refractivity contribution in [2.75, 3.05) is 0 Å². The number of hydrogen-bond donors (Lipinski definition) is 0. The van der Waals surface area contributed by atoms with E-state index < -0.39 is 8.32 Å². The fourth-order valence-electron chi connectivity index (χ4n) is 3.40. The zero-order chi connectivity index (χ0) is 15.5. The normalized spacial score (nSPS) is 30.1. The highest BCUT2D eigenvalue weighted by Gasteiger charge is 2.52. The summed E-state index contributed by atoms with van der Waals surface area (Å²) in [5, 5.41) is 0.207. The summed E-state index contributed by atoms with van der Waals surface area (Å²) in [6.45, 7) is 18.0. The number of rotatable bonds is 2. The van der Waals surface area contributed by atoms with Crippen molar-refractivity contribution in [1.82, 2.24) is 0 Å². The molecule has 2 nitrogen and oxygen atoms in total. The lowest BCUT2D eigenvalue weighted by Crippen LogP contribution is -2.47. The fraction of sp³-hybridized carbons (Fsp3) is 0.824.